The first-order chi connectivity index (χ1) is 18.9. The van der Waals surface area contributed by atoms with Crippen molar-refractivity contribution in [2.24, 2.45) is 0 Å². The first kappa shape index (κ1) is 24.8. The Morgan fingerprint density at radius 1 is 0.846 bits per heavy atom. The molecular weight excluding hydrogens is 528 g/mol. The number of pyridine rings is 1. The van der Waals surface area contributed by atoms with Crippen LogP contribution in [0, 0.1) is 6.92 Å². The number of methoxy groups -OCH3 is 2. The van der Waals surface area contributed by atoms with Crippen LogP contribution < -0.4 is 20.5 Å². The van der Waals surface area contributed by atoms with Gasteiger partial charge < -0.3 is 15.2 Å². The third kappa shape index (κ3) is 4.67. The molecule has 0 saturated carbocycles. The van der Waals surface area contributed by atoms with Gasteiger partial charge in [-0.15, -0.1) is 11.3 Å². The summed E-state index contributed by atoms with van der Waals surface area (Å²) in [5.41, 5.74) is 12.7. The summed E-state index contributed by atoms with van der Waals surface area (Å²) in [6.45, 7) is 2.05. The average Bonchev–Trinajstić information content (AvgIpc) is 3.52. The number of aromatic nitrogens is 2. The second-order valence-corrected chi connectivity index (χ2v) is 11.0. The van der Waals surface area contributed by atoms with Gasteiger partial charge in [0.05, 0.1) is 35.8 Å². The number of nitrogens with zero attached hydrogens (tertiary/aromatic N) is 2. The van der Waals surface area contributed by atoms with E-state index in [2.05, 4.69) is 34.6 Å². The van der Waals surface area contributed by atoms with E-state index < -0.39 is 0 Å². The maximum atomic E-state index is 13.4. The Kier molecular flexibility index (Phi) is 6.38. The molecule has 3 N–H and O–H groups in total. The smallest absolute Gasteiger partial charge is 0.269 e. The van der Waals surface area contributed by atoms with Gasteiger partial charge in [-0.25, -0.2) is 9.97 Å². The molecule has 6 aromatic rings. The molecule has 3 aromatic carbocycles. The number of benzene rings is 3. The Hall–Kier alpha value is -4.47. The van der Waals surface area contributed by atoms with Gasteiger partial charge in [-0.1, -0.05) is 41.2 Å². The summed E-state index contributed by atoms with van der Waals surface area (Å²) < 4.78 is 11.5. The number of carbonyl (C=O) groups is 1. The van der Waals surface area contributed by atoms with Crippen molar-refractivity contribution >= 4 is 59.8 Å². The molecule has 0 radical (unpaired) electrons. The van der Waals surface area contributed by atoms with Crippen LogP contribution in [0.2, 0.25) is 0 Å². The van der Waals surface area contributed by atoms with Gasteiger partial charge in [-0.2, -0.15) is 0 Å². The Bertz CT molecular complexity index is 1840. The fourth-order valence-corrected chi connectivity index (χ4v) is 6.30. The zero-order valence-electron chi connectivity index (χ0n) is 21.4. The van der Waals surface area contributed by atoms with E-state index in [1.807, 2.05) is 55.5 Å². The molecule has 0 aliphatic carbocycles. The van der Waals surface area contributed by atoms with E-state index in [4.69, 9.17) is 20.2 Å². The number of nitrogens with two attached hydrogens (primary N) is 1. The molecule has 0 spiro atoms. The summed E-state index contributed by atoms with van der Waals surface area (Å²) >= 11 is 2.66. The van der Waals surface area contributed by atoms with Gasteiger partial charge in [0.1, 0.15) is 21.2 Å². The molecule has 3 heterocycles. The van der Waals surface area contributed by atoms with Crippen molar-refractivity contribution in [1.29, 1.82) is 0 Å². The Balaban J connectivity index is 1.44. The molecule has 0 atom stereocenters. The number of thiophene rings is 1. The third-order valence-electron chi connectivity index (χ3n) is 6.47. The second-order valence-electron chi connectivity index (χ2n) is 8.98. The highest BCUT2D eigenvalue weighted by molar-refractivity contribution is 7.23. The Morgan fingerprint density at radius 3 is 2.26 bits per heavy atom. The molecule has 0 saturated heterocycles. The molecule has 0 aliphatic rings. The van der Waals surface area contributed by atoms with Crippen LogP contribution in [0.1, 0.15) is 15.2 Å². The van der Waals surface area contributed by atoms with Gasteiger partial charge >= 0.3 is 0 Å². The molecule has 6 rings (SSSR count). The van der Waals surface area contributed by atoms with E-state index >= 15 is 0 Å². The number of fused-ring (bicyclic) bond motifs is 2. The molecule has 194 valence electrons. The third-order valence-corrected chi connectivity index (χ3v) is 8.50. The number of hydrogen-bond donors (Lipinski definition) is 2. The molecule has 39 heavy (non-hydrogen) atoms. The summed E-state index contributed by atoms with van der Waals surface area (Å²) in [6.07, 6.45) is 0. The van der Waals surface area contributed by atoms with Crippen molar-refractivity contribution in [3.8, 4) is 33.9 Å². The van der Waals surface area contributed by atoms with Crippen LogP contribution in [0.4, 0.5) is 10.8 Å². The van der Waals surface area contributed by atoms with Crippen molar-refractivity contribution in [3.05, 3.63) is 83.2 Å². The standard InChI is InChI=1S/C30H24N4O3S2/c1-16-4-6-17(7-5-16)21-15-23(18-8-10-19(36-2)11-9-18)32-29-25(21)26(31)27(39-29)28(35)34-30-33-22-13-12-20(37-3)14-24(22)38-30/h4-15H,31H2,1-3H3,(H,33,34,35). The van der Waals surface area contributed by atoms with E-state index in [0.717, 1.165) is 55.0 Å². The second kappa shape index (κ2) is 10.0. The van der Waals surface area contributed by atoms with Gasteiger partial charge in [0, 0.05) is 10.9 Å². The van der Waals surface area contributed by atoms with Crippen LogP contribution in [-0.2, 0) is 0 Å². The van der Waals surface area contributed by atoms with Gasteiger partial charge in [0.25, 0.3) is 5.91 Å². The summed E-state index contributed by atoms with van der Waals surface area (Å²) in [4.78, 5) is 24.0. The lowest BCUT2D eigenvalue weighted by Crippen LogP contribution is -2.11. The molecule has 0 fully saturated rings. The topological polar surface area (TPSA) is 99.4 Å². The summed E-state index contributed by atoms with van der Waals surface area (Å²) in [5.74, 6) is 1.19. The molecule has 0 aliphatic heterocycles. The lowest BCUT2D eigenvalue weighted by atomic mass is 9.98. The lowest BCUT2D eigenvalue weighted by Gasteiger charge is -2.10. The van der Waals surface area contributed by atoms with Crippen LogP contribution >= 0.6 is 22.7 Å². The highest BCUT2D eigenvalue weighted by Crippen LogP contribution is 2.42. The number of nitrogen functional groups attached to an aromatic ring is 1. The summed E-state index contributed by atoms with van der Waals surface area (Å²) in [5, 5.41) is 4.18. The van der Waals surface area contributed by atoms with Gasteiger partial charge in [0.2, 0.25) is 0 Å². The average molecular weight is 553 g/mol. The van der Waals surface area contributed by atoms with E-state index in [1.165, 1.54) is 22.7 Å². The van der Waals surface area contributed by atoms with Gasteiger partial charge in [-0.05, 0) is 66.6 Å². The predicted molar refractivity (Wildman–Crippen MR) is 160 cm³/mol. The number of hydrogen-bond acceptors (Lipinski definition) is 8. The number of rotatable bonds is 6. The van der Waals surface area contributed by atoms with Crippen molar-refractivity contribution in [2.45, 2.75) is 6.92 Å². The quantitative estimate of drug-likeness (QED) is 0.223. The number of carbonyl (C=O) groups excluding carboxylic acids is 1. The molecule has 3 aromatic heterocycles. The lowest BCUT2D eigenvalue weighted by molar-refractivity contribution is 0.103. The number of anilines is 2. The molecule has 1 amide bonds. The molecule has 0 bridgehead atoms. The molecule has 0 unspecified atom stereocenters. The zero-order chi connectivity index (χ0) is 27.1. The number of ether oxygens (including phenoxy) is 2. The van der Waals surface area contributed by atoms with Crippen LogP contribution in [-0.4, -0.2) is 30.1 Å². The molecule has 7 nitrogen and oxygen atoms in total. The first-order valence-corrected chi connectivity index (χ1v) is 13.8. The van der Waals surface area contributed by atoms with Crippen LogP contribution in [0.25, 0.3) is 42.8 Å². The van der Waals surface area contributed by atoms with Crippen molar-refractivity contribution in [3.63, 3.8) is 0 Å². The van der Waals surface area contributed by atoms with Crippen molar-refractivity contribution < 1.29 is 14.3 Å². The van der Waals surface area contributed by atoms with Crippen LogP contribution in [0.5, 0.6) is 11.5 Å². The van der Waals surface area contributed by atoms with E-state index in [9.17, 15) is 4.79 Å². The van der Waals surface area contributed by atoms with E-state index in [0.29, 0.717) is 20.5 Å². The minimum atomic E-state index is -0.317. The fourth-order valence-electron chi connectivity index (χ4n) is 4.40. The van der Waals surface area contributed by atoms with Crippen LogP contribution in [0.3, 0.4) is 0 Å². The Morgan fingerprint density at radius 2 is 1.54 bits per heavy atom. The Labute approximate surface area is 232 Å². The molecule has 9 heteroatoms. The maximum Gasteiger partial charge on any atom is 0.269 e. The summed E-state index contributed by atoms with van der Waals surface area (Å²) in [7, 11) is 3.26. The van der Waals surface area contributed by atoms with Crippen LogP contribution in [0.15, 0.2) is 72.8 Å². The maximum absolute atomic E-state index is 13.4. The van der Waals surface area contributed by atoms with E-state index in [1.54, 1.807) is 14.2 Å². The minimum absolute atomic E-state index is 0.317. The molecular formula is C30H24N4O3S2. The number of nitrogens with one attached hydrogen (secondary N) is 1. The monoisotopic (exact) mass is 552 g/mol. The van der Waals surface area contributed by atoms with Crippen molar-refractivity contribution in [2.75, 3.05) is 25.3 Å². The fraction of sp³-hybridized carbons (Fsp3) is 0.100. The highest BCUT2D eigenvalue weighted by atomic mass is 32.1. The largest absolute Gasteiger partial charge is 0.497 e. The minimum Gasteiger partial charge on any atom is -0.497 e. The highest BCUT2D eigenvalue weighted by Gasteiger charge is 2.22. The normalized spacial score (nSPS) is 11.2. The van der Waals surface area contributed by atoms with Crippen molar-refractivity contribution in [1.82, 2.24) is 9.97 Å². The first-order valence-electron chi connectivity index (χ1n) is 12.1. The van der Waals surface area contributed by atoms with E-state index in [-0.39, 0.29) is 5.91 Å². The zero-order valence-corrected chi connectivity index (χ0v) is 23.1. The number of amides is 1. The SMILES string of the molecule is COc1ccc(-c2cc(-c3ccc(C)cc3)c3c(N)c(C(=O)Nc4nc5ccc(OC)cc5s4)sc3n2)cc1. The van der Waals surface area contributed by atoms with Gasteiger partial charge in [0.15, 0.2) is 5.13 Å². The summed E-state index contributed by atoms with van der Waals surface area (Å²) in [6, 6.07) is 23.6. The number of aryl methyl sites for hydroxylation is 1. The van der Waals surface area contributed by atoms with Gasteiger partial charge in [-0.3, -0.25) is 10.1 Å². The number of thiazole rings is 1. The predicted octanol–water partition coefficient (Wildman–Crippen LogP) is 7.40.